The molecular formula is C21H27FN6O2. The topological polar surface area (TPSA) is 100 Å². The molecule has 2 heterocycles. The monoisotopic (exact) mass is 414 g/mol. The normalized spacial score (nSPS) is 19.0. The van der Waals surface area contributed by atoms with Gasteiger partial charge in [-0.3, -0.25) is 9.36 Å². The fourth-order valence-corrected chi connectivity index (χ4v) is 4.68. The molecule has 1 saturated heterocycles. The summed E-state index contributed by atoms with van der Waals surface area (Å²) in [6.45, 7) is 4.75. The predicted molar refractivity (Wildman–Crippen MR) is 114 cm³/mol. The molecule has 0 radical (unpaired) electrons. The molecule has 1 atom stereocenters. The van der Waals surface area contributed by atoms with Crippen LogP contribution in [0.4, 0.5) is 10.1 Å². The number of nitrogens with zero attached hydrogens (tertiary/aromatic N) is 5. The van der Waals surface area contributed by atoms with Gasteiger partial charge in [-0.15, -0.1) is 0 Å². The SMILES string of the molecule is Cc1c(N2CCC(CN(C)CCC#N)C2)c(F)cc2c(=O)n(N)c(=O)n(C3CC3)c12. The fraction of sp³-hybridized carbons (Fsp3) is 0.571. The van der Waals surface area contributed by atoms with Gasteiger partial charge in [0, 0.05) is 44.2 Å². The standard InChI is InChI=1S/C21H27FN6O2/c1-13-18-16(20(29)28(24)21(30)27(18)15-4-5-15)10-17(22)19(13)26-9-6-14(12-26)11-25(2)8-3-7-23/h10,14-15H,3-6,8-9,11-12,24H2,1-2H3. The summed E-state index contributed by atoms with van der Waals surface area (Å²) in [5.41, 5.74) is 0.367. The van der Waals surface area contributed by atoms with Gasteiger partial charge in [0.25, 0.3) is 5.56 Å². The Morgan fingerprint density at radius 3 is 2.73 bits per heavy atom. The van der Waals surface area contributed by atoms with E-state index >= 15 is 4.39 Å². The highest BCUT2D eigenvalue weighted by molar-refractivity contribution is 5.87. The number of aryl methyl sites for hydroxylation is 1. The van der Waals surface area contributed by atoms with E-state index in [4.69, 9.17) is 11.1 Å². The van der Waals surface area contributed by atoms with Crippen molar-refractivity contribution >= 4 is 16.6 Å². The molecule has 1 aromatic carbocycles. The summed E-state index contributed by atoms with van der Waals surface area (Å²) in [6, 6.07) is 3.39. The number of hydrogen-bond acceptors (Lipinski definition) is 6. The first-order chi connectivity index (χ1) is 14.3. The number of nitrogen functional groups attached to an aromatic ring is 1. The quantitative estimate of drug-likeness (QED) is 0.716. The smallest absolute Gasteiger partial charge is 0.350 e. The molecule has 1 aliphatic carbocycles. The minimum atomic E-state index is -0.668. The third-order valence-electron chi connectivity index (χ3n) is 6.25. The lowest BCUT2D eigenvalue weighted by atomic mass is 10.1. The Kier molecular flexibility index (Phi) is 5.28. The second-order valence-electron chi connectivity index (χ2n) is 8.56. The third kappa shape index (κ3) is 3.45. The molecule has 2 aromatic rings. The van der Waals surface area contributed by atoms with Crippen molar-refractivity contribution in [2.45, 2.75) is 38.6 Å². The van der Waals surface area contributed by atoms with E-state index in [-0.39, 0.29) is 11.4 Å². The first-order valence-corrected chi connectivity index (χ1v) is 10.4. The highest BCUT2D eigenvalue weighted by atomic mass is 19.1. The molecule has 0 amide bonds. The van der Waals surface area contributed by atoms with Crippen molar-refractivity contribution in [1.29, 1.82) is 5.26 Å². The van der Waals surface area contributed by atoms with Crippen LogP contribution in [-0.2, 0) is 0 Å². The van der Waals surface area contributed by atoms with Gasteiger partial charge in [0.05, 0.1) is 22.7 Å². The van der Waals surface area contributed by atoms with Crippen LogP contribution in [0, 0.1) is 30.0 Å². The molecule has 9 heteroatoms. The van der Waals surface area contributed by atoms with Gasteiger partial charge in [-0.2, -0.15) is 9.94 Å². The van der Waals surface area contributed by atoms with E-state index in [2.05, 4.69) is 11.0 Å². The van der Waals surface area contributed by atoms with E-state index in [9.17, 15) is 9.59 Å². The average molecular weight is 414 g/mol. The van der Waals surface area contributed by atoms with Crippen LogP contribution in [-0.4, -0.2) is 47.4 Å². The number of benzene rings is 1. The molecule has 1 aromatic heterocycles. The van der Waals surface area contributed by atoms with Crippen molar-refractivity contribution < 1.29 is 4.39 Å². The Bertz CT molecular complexity index is 1140. The number of anilines is 1. The van der Waals surface area contributed by atoms with Gasteiger partial charge in [-0.1, -0.05) is 0 Å². The Morgan fingerprint density at radius 1 is 1.33 bits per heavy atom. The van der Waals surface area contributed by atoms with E-state index in [0.29, 0.717) is 46.9 Å². The number of nitrogens with two attached hydrogens (primary N) is 1. The molecule has 1 unspecified atom stereocenters. The minimum Gasteiger partial charge on any atom is -0.369 e. The average Bonchev–Trinajstić information content (AvgIpc) is 3.45. The zero-order valence-electron chi connectivity index (χ0n) is 17.4. The highest BCUT2D eigenvalue weighted by Crippen LogP contribution is 2.39. The molecule has 8 nitrogen and oxygen atoms in total. The van der Waals surface area contributed by atoms with Gasteiger partial charge in [-0.05, 0) is 45.2 Å². The van der Waals surface area contributed by atoms with Gasteiger partial charge in [0.2, 0.25) is 0 Å². The molecule has 0 spiro atoms. The fourth-order valence-electron chi connectivity index (χ4n) is 4.68. The van der Waals surface area contributed by atoms with E-state index in [1.54, 1.807) is 11.5 Å². The summed E-state index contributed by atoms with van der Waals surface area (Å²) in [6.07, 6.45) is 3.11. The van der Waals surface area contributed by atoms with Crippen LogP contribution >= 0.6 is 0 Å². The summed E-state index contributed by atoms with van der Waals surface area (Å²) in [7, 11) is 1.99. The number of hydrogen-bond donors (Lipinski definition) is 1. The van der Waals surface area contributed by atoms with Gasteiger partial charge < -0.3 is 15.6 Å². The molecule has 1 saturated carbocycles. The number of rotatable bonds is 6. The maximum absolute atomic E-state index is 15.2. The van der Waals surface area contributed by atoms with Crippen molar-refractivity contribution in [3.05, 3.63) is 38.3 Å². The zero-order valence-corrected chi connectivity index (χ0v) is 17.4. The lowest BCUT2D eigenvalue weighted by Gasteiger charge is -2.25. The molecule has 1 aliphatic heterocycles. The second-order valence-corrected chi connectivity index (χ2v) is 8.56. The second kappa shape index (κ2) is 7.76. The number of nitriles is 1. The molecule has 30 heavy (non-hydrogen) atoms. The number of fused-ring (bicyclic) bond motifs is 1. The van der Waals surface area contributed by atoms with Crippen LogP contribution in [0.15, 0.2) is 15.7 Å². The number of aromatic nitrogens is 2. The molecule has 160 valence electrons. The Labute approximate surface area is 173 Å². The van der Waals surface area contributed by atoms with Gasteiger partial charge in [-0.25, -0.2) is 9.18 Å². The van der Waals surface area contributed by atoms with Crippen LogP contribution in [0.3, 0.4) is 0 Å². The predicted octanol–water partition coefficient (Wildman–Crippen LogP) is 1.33. The third-order valence-corrected chi connectivity index (χ3v) is 6.25. The Hall–Kier alpha value is -2.86. The maximum atomic E-state index is 15.2. The van der Waals surface area contributed by atoms with Crippen LogP contribution in [0.25, 0.3) is 10.9 Å². The maximum Gasteiger partial charge on any atom is 0.350 e. The summed E-state index contributed by atoms with van der Waals surface area (Å²) in [5.74, 6) is 5.59. The summed E-state index contributed by atoms with van der Waals surface area (Å²) in [5, 5.41) is 8.90. The molecule has 2 aliphatic rings. The Balaban J connectivity index is 1.72. The van der Waals surface area contributed by atoms with Crippen LogP contribution < -0.4 is 22.0 Å². The molecule has 0 bridgehead atoms. The van der Waals surface area contributed by atoms with Crippen molar-refractivity contribution in [3.63, 3.8) is 0 Å². The Morgan fingerprint density at radius 2 is 2.07 bits per heavy atom. The van der Waals surface area contributed by atoms with Gasteiger partial charge in [0.15, 0.2) is 0 Å². The van der Waals surface area contributed by atoms with Crippen LogP contribution in [0.2, 0.25) is 0 Å². The van der Waals surface area contributed by atoms with Crippen molar-refractivity contribution in [3.8, 4) is 6.07 Å². The van der Waals surface area contributed by atoms with Crippen LogP contribution in [0.5, 0.6) is 0 Å². The largest absolute Gasteiger partial charge is 0.369 e. The van der Waals surface area contributed by atoms with E-state index in [0.717, 1.165) is 32.4 Å². The molecule has 2 N–H and O–H groups in total. The summed E-state index contributed by atoms with van der Waals surface area (Å²) >= 11 is 0. The van der Waals surface area contributed by atoms with Gasteiger partial charge in [0.1, 0.15) is 5.82 Å². The first-order valence-electron chi connectivity index (χ1n) is 10.4. The van der Waals surface area contributed by atoms with Crippen LogP contribution in [0.1, 0.15) is 37.3 Å². The highest BCUT2D eigenvalue weighted by Gasteiger charge is 2.32. The lowest BCUT2D eigenvalue weighted by molar-refractivity contribution is 0.292. The molecular weight excluding hydrogens is 387 g/mol. The van der Waals surface area contributed by atoms with E-state index in [1.807, 2.05) is 11.9 Å². The van der Waals surface area contributed by atoms with Crippen molar-refractivity contribution in [2.75, 3.05) is 44.0 Å². The zero-order chi connectivity index (χ0) is 21.6. The van der Waals surface area contributed by atoms with Gasteiger partial charge >= 0.3 is 5.69 Å². The first kappa shape index (κ1) is 20.4. The van der Waals surface area contributed by atoms with E-state index in [1.165, 1.54) is 6.07 Å². The lowest BCUT2D eigenvalue weighted by Crippen LogP contribution is -2.44. The summed E-state index contributed by atoms with van der Waals surface area (Å²) in [4.78, 5) is 29.4. The van der Waals surface area contributed by atoms with Crippen molar-refractivity contribution in [1.82, 2.24) is 14.1 Å². The number of halogens is 1. The summed E-state index contributed by atoms with van der Waals surface area (Å²) < 4.78 is 17.3. The van der Waals surface area contributed by atoms with E-state index < -0.39 is 17.1 Å². The molecule has 4 rings (SSSR count). The van der Waals surface area contributed by atoms with Crippen molar-refractivity contribution in [2.24, 2.45) is 5.92 Å². The molecule has 2 fully saturated rings. The minimum absolute atomic E-state index is 0.00696.